The van der Waals surface area contributed by atoms with Crippen LogP contribution in [0.15, 0.2) is 42.5 Å². The van der Waals surface area contributed by atoms with E-state index in [1.165, 1.54) is 0 Å². The molecule has 1 fully saturated rings. The molecule has 0 bridgehead atoms. The van der Waals surface area contributed by atoms with Crippen LogP contribution < -0.4 is 14.2 Å². The van der Waals surface area contributed by atoms with E-state index >= 15 is 0 Å². The fourth-order valence-electron chi connectivity index (χ4n) is 3.60. The monoisotopic (exact) mass is 355 g/mol. The molecule has 138 valence electrons. The van der Waals surface area contributed by atoms with E-state index in [9.17, 15) is 4.79 Å². The number of methoxy groups -OCH3 is 3. The average Bonchev–Trinajstić information content (AvgIpc) is 3.17. The molecular formula is C21H25NO4. The van der Waals surface area contributed by atoms with Crippen LogP contribution in [0.4, 0.5) is 0 Å². The number of likely N-dealkylation sites (tertiary alicyclic amines) is 1. The van der Waals surface area contributed by atoms with Gasteiger partial charge >= 0.3 is 0 Å². The SMILES string of the molecule is COc1ccc(C2CCCN2C(=O)Cc2ccccc2OC)c(OC)c1. The average molecular weight is 355 g/mol. The molecule has 0 radical (unpaired) electrons. The van der Waals surface area contributed by atoms with Crippen LogP contribution in [0.1, 0.15) is 30.0 Å². The summed E-state index contributed by atoms with van der Waals surface area (Å²) in [4.78, 5) is 14.9. The molecule has 2 aromatic rings. The van der Waals surface area contributed by atoms with Gasteiger partial charge in [-0.1, -0.05) is 18.2 Å². The third-order valence-electron chi connectivity index (χ3n) is 4.91. The minimum atomic E-state index is 0.0260. The van der Waals surface area contributed by atoms with Gasteiger partial charge in [-0.25, -0.2) is 0 Å². The third kappa shape index (κ3) is 3.62. The third-order valence-corrected chi connectivity index (χ3v) is 4.91. The van der Waals surface area contributed by atoms with Crippen molar-refractivity contribution in [3.05, 3.63) is 53.6 Å². The first-order chi connectivity index (χ1) is 12.7. The number of nitrogens with zero attached hydrogens (tertiary/aromatic N) is 1. The second kappa shape index (κ2) is 8.13. The number of rotatable bonds is 6. The Kier molecular flexibility index (Phi) is 5.66. The summed E-state index contributed by atoms with van der Waals surface area (Å²) in [6, 6.07) is 13.5. The zero-order valence-corrected chi connectivity index (χ0v) is 15.5. The Morgan fingerprint density at radius 2 is 1.81 bits per heavy atom. The van der Waals surface area contributed by atoms with E-state index in [1.807, 2.05) is 47.4 Å². The molecule has 26 heavy (non-hydrogen) atoms. The van der Waals surface area contributed by atoms with E-state index in [-0.39, 0.29) is 11.9 Å². The summed E-state index contributed by atoms with van der Waals surface area (Å²) in [6.07, 6.45) is 2.25. The summed E-state index contributed by atoms with van der Waals surface area (Å²) >= 11 is 0. The first kappa shape index (κ1) is 18.1. The zero-order chi connectivity index (χ0) is 18.5. The van der Waals surface area contributed by atoms with Gasteiger partial charge in [0.05, 0.1) is 33.8 Å². The van der Waals surface area contributed by atoms with Crippen LogP contribution in [0, 0.1) is 0 Å². The summed E-state index contributed by atoms with van der Waals surface area (Å²) in [5.41, 5.74) is 1.94. The molecule has 0 aliphatic carbocycles. The maximum atomic E-state index is 13.0. The lowest BCUT2D eigenvalue weighted by atomic mass is 10.0. The quantitative estimate of drug-likeness (QED) is 0.794. The van der Waals surface area contributed by atoms with Crippen LogP contribution in [0.3, 0.4) is 0 Å². The second-order valence-electron chi connectivity index (χ2n) is 6.34. The van der Waals surface area contributed by atoms with Gasteiger partial charge in [-0.05, 0) is 31.0 Å². The molecule has 0 saturated carbocycles. The lowest BCUT2D eigenvalue weighted by Crippen LogP contribution is -2.32. The molecule has 1 saturated heterocycles. The molecule has 1 aliphatic heterocycles. The summed E-state index contributed by atoms with van der Waals surface area (Å²) in [5.74, 6) is 2.36. The van der Waals surface area contributed by atoms with Gasteiger partial charge in [-0.2, -0.15) is 0 Å². The van der Waals surface area contributed by atoms with Crippen LogP contribution in [0.5, 0.6) is 17.2 Å². The largest absolute Gasteiger partial charge is 0.497 e. The van der Waals surface area contributed by atoms with Gasteiger partial charge in [-0.3, -0.25) is 4.79 Å². The summed E-state index contributed by atoms with van der Waals surface area (Å²) in [5, 5.41) is 0. The Morgan fingerprint density at radius 3 is 2.54 bits per heavy atom. The van der Waals surface area contributed by atoms with E-state index in [1.54, 1.807) is 21.3 Å². The predicted molar refractivity (Wildman–Crippen MR) is 99.9 cm³/mol. The van der Waals surface area contributed by atoms with Gasteiger partial charge < -0.3 is 19.1 Å². The Morgan fingerprint density at radius 1 is 1.04 bits per heavy atom. The summed E-state index contributed by atoms with van der Waals surface area (Å²) in [7, 11) is 4.91. The molecule has 3 rings (SSSR count). The number of hydrogen-bond acceptors (Lipinski definition) is 4. The van der Waals surface area contributed by atoms with Crippen LogP contribution in [-0.4, -0.2) is 38.7 Å². The first-order valence-electron chi connectivity index (χ1n) is 8.81. The van der Waals surface area contributed by atoms with E-state index in [4.69, 9.17) is 14.2 Å². The van der Waals surface area contributed by atoms with Crippen LogP contribution in [0.25, 0.3) is 0 Å². The topological polar surface area (TPSA) is 48.0 Å². The molecule has 5 nitrogen and oxygen atoms in total. The van der Waals surface area contributed by atoms with Gasteiger partial charge in [0.25, 0.3) is 0 Å². The molecule has 5 heteroatoms. The lowest BCUT2D eigenvalue weighted by molar-refractivity contribution is -0.131. The summed E-state index contributed by atoms with van der Waals surface area (Å²) in [6.45, 7) is 0.758. The number of hydrogen-bond donors (Lipinski definition) is 0. The second-order valence-corrected chi connectivity index (χ2v) is 6.34. The highest BCUT2D eigenvalue weighted by atomic mass is 16.5. The normalized spacial score (nSPS) is 16.4. The Labute approximate surface area is 154 Å². The molecule has 1 amide bonds. The smallest absolute Gasteiger partial charge is 0.227 e. The standard InChI is InChI=1S/C21H25NO4/c1-24-16-10-11-17(20(14-16)26-3)18-8-6-12-22(18)21(23)13-15-7-4-5-9-19(15)25-2/h4-5,7,9-11,14,18H,6,8,12-13H2,1-3H3. The van der Waals surface area contributed by atoms with Gasteiger partial charge in [0.15, 0.2) is 0 Å². The van der Waals surface area contributed by atoms with Crippen molar-refractivity contribution >= 4 is 5.91 Å². The van der Waals surface area contributed by atoms with Crippen LogP contribution >= 0.6 is 0 Å². The van der Waals surface area contributed by atoms with Crippen molar-refractivity contribution in [1.82, 2.24) is 4.90 Å². The van der Waals surface area contributed by atoms with Gasteiger partial charge in [0.1, 0.15) is 17.2 Å². The number of carbonyl (C=O) groups excluding carboxylic acids is 1. The Hall–Kier alpha value is -2.69. The van der Waals surface area contributed by atoms with Gasteiger partial charge in [0, 0.05) is 23.7 Å². The molecule has 0 spiro atoms. The molecule has 1 unspecified atom stereocenters. The molecule has 1 heterocycles. The molecule has 2 aromatic carbocycles. The summed E-state index contributed by atoms with van der Waals surface area (Å²) < 4.78 is 16.2. The van der Waals surface area contributed by atoms with Crippen LogP contribution in [0.2, 0.25) is 0 Å². The minimum Gasteiger partial charge on any atom is -0.497 e. The molecule has 0 aromatic heterocycles. The van der Waals surface area contributed by atoms with Crippen LogP contribution in [-0.2, 0) is 11.2 Å². The van der Waals surface area contributed by atoms with Crippen molar-refractivity contribution in [3.63, 3.8) is 0 Å². The number of para-hydroxylation sites is 1. The molecule has 1 atom stereocenters. The van der Waals surface area contributed by atoms with E-state index in [0.717, 1.165) is 47.8 Å². The highest BCUT2D eigenvalue weighted by Gasteiger charge is 2.32. The van der Waals surface area contributed by atoms with Gasteiger partial charge in [-0.15, -0.1) is 0 Å². The highest BCUT2D eigenvalue weighted by molar-refractivity contribution is 5.80. The molecular weight excluding hydrogens is 330 g/mol. The minimum absolute atomic E-state index is 0.0260. The lowest BCUT2D eigenvalue weighted by Gasteiger charge is -2.27. The van der Waals surface area contributed by atoms with Crippen molar-refractivity contribution in [3.8, 4) is 17.2 Å². The van der Waals surface area contributed by atoms with Crippen molar-refractivity contribution in [2.24, 2.45) is 0 Å². The fraction of sp³-hybridized carbons (Fsp3) is 0.381. The Balaban J connectivity index is 1.83. The van der Waals surface area contributed by atoms with E-state index < -0.39 is 0 Å². The number of benzene rings is 2. The maximum absolute atomic E-state index is 13.0. The fourth-order valence-corrected chi connectivity index (χ4v) is 3.60. The van der Waals surface area contributed by atoms with Crippen molar-refractivity contribution < 1.29 is 19.0 Å². The first-order valence-corrected chi connectivity index (χ1v) is 8.81. The molecule has 1 aliphatic rings. The highest BCUT2D eigenvalue weighted by Crippen LogP contribution is 2.39. The zero-order valence-electron chi connectivity index (χ0n) is 15.5. The van der Waals surface area contributed by atoms with Crippen molar-refractivity contribution in [2.75, 3.05) is 27.9 Å². The van der Waals surface area contributed by atoms with E-state index in [0.29, 0.717) is 6.42 Å². The number of carbonyl (C=O) groups is 1. The molecule has 0 N–H and O–H groups in total. The van der Waals surface area contributed by atoms with E-state index in [2.05, 4.69) is 0 Å². The number of amides is 1. The Bertz CT molecular complexity index is 774. The van der Waals surface area contributed by atoms with Gasteiger partial charge in [0.2, 0.25) is 5.91 Å². The maximum Gasteiger partial charge on any atom is 0.227 e. The van der Waals surface area contributed by atoms with Crippen molar-refractivity contribution in [2.45, 2.75) is 25.3 Å². The predicted octanol–water partition coefficient (Wildman–Crippen LogP) is 3.62. The number of ether oxygens (including phenoxy) is 3. The van der Waals surface area contributed by atoms with Crippen molar-refractivity contribution in [1.29, 1.82) is 0 Å².